The molecule has 68 valence electrons. The summed E-state index contributed by atoms with van der Waals surface area (Å²) in [5.74, 6) is 0. The molecule has 0 aliphatic heterocycles. The lowest BCUT2D eigenvalue weighted by molar-refractivity contribution is 1.37. The minimum atomic E-state index is 1.10. The minimum Gasteiger partial charge on any atom is -0.0835 e. The lowest BCUT2D eigenvalue weighted by atomic mass is 10.0. The maximum absolute atomic E-state index is 2.24. The maximum Gasteiger partial charge on any atom is -0.00165 e. The zero-order valence-electron chi connectivity index (χ0n) is 8.25. The van der Waals surface area contributed by atoms with Crippen molar-refractivity contribution in [2.24, 2.45) is 0 Å². The summed E-state index contributed by atoms with van der Waals surface area (Å²) >= 11 is 0. The highest BCUT2D eigenvalue weighted by Crippen LogP contribution is 2.37. The topological polar surface area (TPSA) is 0 Å². The highest BCUT2D eigenvalue weighted by atomic mass is 14.2. The molecule has 14 heavy (non-hydrogen) atoms. The van der Waals surface area contributed by atoms with E-state index < -0.39 is 0 Å². The Bertz CT molecular complexity index is 527. The third-order valence-corrected chi connectivity index (χ3v) is 3.07. The van der Waals surface area contributed by atoms with Crippen LogP contribution in [0.4, 0.5) is 0 Å². The fraction of sp³-hybridized carbons (Fsp3) is 0.143. The van der Waals surface area contributed by atoms with Crippen LogP contribution < -0.4 is 0 Å². The van der Waals surface area contributed by atoms with Gasteiger partial charge in [0.25, 0.3) is 0 Å². The molecule has 0 radical (unpaired) electrons. The van der Waals surface area contributed by atoms with Crippen molar-refractivity contribution in [1.82, 2.24) is 0 Å². The summed E-state index contributed by atoms with van der Waals surface area (Å²) in [7, 11) is 0. The molecule has 0 spiro atoms. The van der Waals surface area contributed by atoms with Crippen LogP contribution in [0, 0.1) is 0 Å². The smallest absolute Gasteiger partial charge is 0.00165 e. The van der Waals surface area contributed by atoms with Crippen molar-refractivity contribution in [3.63, 3.8) is 0 Å². The van der Waals surface area contributed by atoms with Crippen LogP contribution in [0.3, 0.4) is 0 Å². The minimum absolute atomic E-state index is 1.10. The van der Waals surface area contributed by atoms with Gasteiger partial charge >= 0.3 is 0 Å². The molecule has 0 saturated carbocycles. The Kier molecular flexibility index (Phi) is 1.51. The Hall–Kier alpha value is -1.56. The lowest BCUT2D eigenvalue weighted by Crippen LogP contribution is -1.76. The van der Waals surface area contributed by atoms with E-state index in [4.69, 9.17) is 0 Å². The standard InChI is InChI=1S/C14H12/c1-2-10-9-12-7-3-5-11-6-4-8-13(10)14(11)12/h2-8H,9H2,1H3. The second-order valence-electron chi connectivity index (χ2n) is 3.81. The molecule has 2 aromatic rings. The Morgan fingerprint density at radius 1 is 1.07 bits per heavy atom. The van der Waals surface area contributed by atoms with E-state index in [1.807, 2.05) is 0 Å². The fourth-order valence-electron chi connectivity index (χ4n) is 2.39. The van der Waals surface area contributed by atoms with Crippen LogP contribution >= 0.6 is 0 Å². The molecule has 1 aliphatic carbocycles. The number of hydrogen-bond acceptors (Lipinski definition) is 0. The first-order chi connectivity index (χ1) is 6.90. The first-order valence-electron chi connectivity index (χ1n) is 5.06. The van der Waals surface area contributed by atoms with Gasteiger partial charge in [-0.1, -0.05) is 42.5 Å². The third kappa shape index (κ3) is 0.884. The van der Waals surface area contributed by atoms with Crippen molar-refractivity contribution in [3.8, 4) is 0 Å². The van der Waals surface area contributed by atoms with E-state index in [-0.39, 0.29) is 0 Å². The molecule has 0 N–H and O–H groups in total. The van der Waals surface area contributed by atoms with Crippen molar-refractivity contribution in [1.29, 1.82) is 0 Å². The summed E-state index contributed by atoms with van der Waals surface area (Å²) in [5.41, 5.74) is 4.38. The number of benzene rings is 2. The molecule has 0 unspecified atom stereocenters. The predicted octanol–water partition coefficient (Wildman–Crippen LogP) is 3.80. The summed E-state index contributed by atoms with van der Waals surface area (Å²) in [6.45, 7) is 2.13. The van der Waals surface area contributed by atoms with Crippen LogP contribution in [-0.4, -0.2) is 0 Å². The molecule has 0 amide bonds. The molecule has 0 saturated heterocycles. The van der Waals surface area contributed by atoms with Gasteiger partial charge in [0.2, 0.25) is 0 Å². The summed E-state index contributed by atoms with van der Waals surface area (Å²) in [6, 6.07) is 13.2. The Morgan fingerprint density at radius 2 is 1.86 bits per heavy atom. The number of hydrogen-bond donors (Lipinski definition) is 0. The Balaban J connectivity index is 2.50. The predicted molar refractivity (Wildman–Crippen MR) is 61.3 cm³/mol. The molecule has 0 heteroatoms. The molecular formula is C14H12. The van der Waals surface area contributed by atoms with Gasteiger partial charge in [0.15, 0.2) is 0 Å². The number of allylic oxidation sites excluding steroid dienone is 2. The zero-order chi connectivity index (χ0) is 9.54. The lowest BCUT2D eigenvalue weighted by Gasteiger charge is -2.00. The maximum atomic E-state index is 2.24. The van der Waals surface area contributed by atoms with Crippen molar-refractivity contribution in [2.45, 2.75) is 13.3 Å². The van der Waals surface area contributed by atoms with Gasteiger partial charge in [-0.2, -0.15) is 0 Å². The van der Waals surface area contributed by atoms with Crippen molar-refractivity contribution >= 4 is 16.3 Å². The second kappa shape index (κ2) is 2.71. The van der Waals surface area contributed by atoms with Gasteiger partial charge in [0, 0.05) is 0 Å². The van der Waals surface area contributed by atoms with Crippen molar-refractivity contribution < 1.29 is 0 Å². The van der Waals surface area contributed by atoms with E-state index >= 15 is 0 Å². The Morgan fingerprint density at radius 3 is 2.64 bits per heavy atom. The molecule has 0 nitrogen and oxygen atoms in total. The molecule has 0 heterocycles. The summed E-state index contributed by atoms with van der Waals surface area (Å²) in [6.07, 6.45) is 3.34. The Labute approximate surface area is 83.9 Å². The third-order valence-electron chi connectivity index (χ3n) is 3.07. The van der Waals surface area contributed by atoms with E-state index in [1.54, 1.807) is 0 Å². The second-order valence-corrected chi connectivity index (χ2v) is 3.81. The molecule has 3 rings (SSSR count). The van der Waals surface area contributed by atoms with Gasteiger partial charge in [-0.15, -0.1) is 0 Å². The average Bonchev–Trinajstić information content (AvgIpc) is 2.60. The first kappa shape index (κ1) is 7.81. The monoisotopic (exact) mass is 180 g/mol. The number of rotatable bonds is 0. The van der Waals surface area contributed by atoms with Gasteiger partial charge in [-0.3, -0.25) is 0 Å². The largest absolute Gasteiger partial charge is 0.0835 e. The highest BCUT2D eigenvalue weighted by molar-refractivity contribution is 6.01. The van der Waals surface area contributed by atoms with Gasteiger partial charge in [-0.05, 0) is 40.8 Å². The van der Waals surface area contributed by atoms with E-state index in [0.717, 1.165) is 6.42 Å². The van der Waals surface area contributed by atoms with Gasteiger partial charge in [0.05, 0.1) is 0 Å². The molecule has 0 aromatic heterocycles. The van der Waals surface area contributed by atoms with E-state index in [2.05, 4.69) is 49.4 Å². The summed E-state index contributed by atoms with van der Waals surface area (Å²) in [5, 5.41) is 2.83. The van der Waals surface area contributed by atoms with Crippen molar-refractivity contribution in [3.05, 3.63) is 53.6 Å². The molecule has 0 atom stereocenters. The van der Waals surface area contributed by atoms with Gasteiger partial charge in [0.1, 0.15) is 0 Å². The van der Waals surface area contributed by atoms with Crippen LogP contribution in [0.25, 0.3) is 16.3 Å². The summed E-state index contributed by atoms with van der Waals surface area (Å²) < 4.78 is 0. The van der Waals surface area contributed by atoms with E-state index in [0.29, 0.717) is 0 Å². The molecule has 0 bridgehead atoms. The van der Waals surface area contributed by atoms with E-state index in [1.165, 1.54) is 27.5 Å². The summed E-state index contributed by atoms with van der Waals surface area (Å²) in [4.78, 5) is 0. The van der Waals surface area contributed by atoms with Gasteiger partial charge in [-0.25, -0.2) is 0 Å². The van der Waals surface area contributed by atoms with Crippen LogP contribution in [-0.2, 0) is 6.42 Å². The zero-order valence-corrected chi connectivity index (χ0v) is 8.25. The highest BCUT2D eigenvalue weighted by Gasteiger charge is 2.16. The van der Waals surface area contributed by atoms with Crippen molar-refractivity contribution in [2.75, 3.05) is 0 Å². The van der Waals surface area contributed by atoms with Crippen LogP contribution in [0.1, 0.15) is 18.1 Å². The van der Waals surface area contributed by atoms with Crippen LogP contribution in [0.15, 0.2) is 42.5 Å². The SMILES string of the molecule is CC=C1Cc2cccc3cccc1c23. The molecule has 2 aromatic carbocycles. The first-order valence-corrected chi connectivity index (χ1v) is 5.06. The fourth-order valence-corrected chi connectivity index (χ4v) is 2.39. The molecular weight excluding hydrogens is 168 g/mol. The van der Waals surface area contributed by atoms with Crippen LogP contribution in [0.2, 0.25) is 0 Å². The quantitative estimate of drug-likeness (QED) is 0.578. The normalized spacial score (nSPS) is 16.8. The van der Waals surface area contributed by atoms with Crippen LogP contribution in [0.5, 0.6) is 0 Å². The molecule has 1 aliphatic rings. The molecule has 0 fully saturated rings. The average molecular weight is 180 g/mol. The van der Waals surface area contributed by atoms with E-state index in [9.17, 15) is 0 Å². The van der Waals surface area contributed by atoms with Gasteiger partial charge < -0.3 is 0 Å².